The molecule has 4 N–H and O–H groups in total. The zero-order chi connectivity index (χ0) is 11.5. The quantitative estimate of drug-likeness (QED) is 0.722. The molecule has 1 heterocycles. The molecule has 0 aromatic heterocycles. The van der Waals surface area contributed by atoms with E-state index >= 15 is 0 Å². The standard InChI is InChI=1S/C9H19N5O.ClH/c1-4-5-6-15-14-8(11)12-7(10)13-9(14,2)3;/h4-6H2,1-3H3,(H4,10,11,12,13);1H. The summed E-state index contributed by atoms with van der Waals surface area (Å²) < 4.78 is 0. The maximum atomic E-state index is 5.72. The molecule has 1 aliphatic rings. The summed E-state index contributed by atoms with van der Waals surface area (Å²) in [5.41, 5.74) is 10.6. The number of unbranched alkanes of at least 4 members (excludes halogenated alkanes) is 1. The first-order chi connectivity index (χ1) is 6.97. The highest BCUT2D eigenvalue weighted by molar-refractivity contribution is 5.95. The number of aliphatic imine (C=N–C) groups is 2. The van der Waals surface area contributed by atoms with Crippen LogP contribution >= 0.6 is 12.4 Å². The minimum Gasteiger partial charge on any atom is -0.368 e. The van der Waals surface area contributed by atoms with Gasteiger partial charge in [0.25, 0.3) is 0 Å². The SMILES string of the molecule is CCCCON1C(N)=NC(N)=NC1(C)C.Cl. The van der Waals surface area contributed by atoms with Crippen molar-refractivity contribution >= 4 is 24.3 Å². The van der Waals surface area contributed by atoms with E-state index in [1.165, 1.54) is 5.06 Å². The van der Waals surface area contributed by atoms with Gasteiger partial charge in [0, 0.05) is 0 Å². The van der Waals surface area contributed by atoms with Crippen LogP contribution in [0.1, 0.15) is 33.6 Å². The smallest absolute Gasteiger partial charge is 0.226 e. The fraction of sp³-hybridized carbons (Fsp3) is 0.778. The van der Waals surface area contributed by atoms with Crippen LogP contribution in [-0.4, -0.2) is 29.3 Å². The Bertz CT molecular complexity index is 290. The second-order valence-corrected chi connectivity index (χ2v) is 3.92. The first kappa shape index (κ1) is 15.0. The summed E-state index contributed by atoms with van der Waals surface area (Å²) in [5.74, 6) is 0.441. The number of hydrogen-bond donors (Lipinski definition) is 2. The van der Waals surface area contributed by atoms with Gasteiger partial charge >= 0.3 is 0 Å². The molecule has 6 nitrogen and oxygen atoms in total. The molecule has 1 aliphatic heterocycles. The van der Waals surface area contributed by atoms with Gasteiger partial charge in [-0.1, -0.05) is 13.3 Å². The molecule has 0 saturated heterocycles. The van der Waals surface area contributed by atoms with Gasteiger partial charge in [0.2, 0.25) is 11.9 Å². The number of hydroxylamine groups is 2. The number of guanidine groups is 2. The Balaban J connectivity index is 0.00000225. The summed E-state index contributed by atoms with van der Waals surface area (Å²) >= 11 is 0. The third-order valence-corrected chi connectivity index (χ3v) is 2.04. The van der Waals surface area contributed by atoms with E-state index in [2.05, 4.69) is 16.9 Å². The first-order valence-electron chi connectivity index (χ1n) is 5.10. The number of rotatable bonds is 4. The molecule has 0 aromatic carbocycles. The molecule has 7 heteroatoms. The Morgan fingerprint density at radius 2 is 2.00 bits per heavy atom. The fourth-order valence-electron chi connectivity index (χ4n) is 1.32. The van der Waals surface area contributed by atoms with Crippen molar-refractivity contribution in [2.24, 2.45) is 21.5 Å². The molecule has 16 heavy (non-hydrogen) atoms. The molecule has 94 valence electrons. The Labute approximate surface area is 102 Å². The fourth-order valence-corrected chi connectivity index (χ4v) is 1.32. The second kappa shape index (κ2) is 5.91. The molecule has 0 aliphatic carbocycles. The normalized spacial score (nSPS) is 18.6. The van der Waals surface area contributed by atoms with E-state index < -0.39 is 5.66 Å². The largest absolute Gasteiger partial charge is 0.368 e. The number of halogens is 1. The van der Waals surface area contributed by atoms with Crippen molar-refractivity contribution in [2.45, 2.75) is 39.3 Å². The zero-order valence-electron chi connectivity index (χ0n) is 9.93. The van der Waals surface area contributed by atoms with Crippen LogP contribution in [0.25, 0.3) is 0 Å². The van der Waals surface area contributed by atoms with Crippen LogP contribution in [0.2, 0.25) is 0 Å². The Morgan fingerprint density at radius 1 is 1.38 bits per heavy atom. The molecule has 0 fully saturated rings. The molecular weight excluding hydrogens is 230 g/mol. The third-order valence-electron chi connectivity index (χ3n) is 2.04. The number of nitrogens with zero attached hydrogens (tertiary/aromatic N) is 3. The van der Waals surface area contributed by atoms with Crippen molar-refractivity contribution in [1.82, 2.24) is 5.06 Å². The van der Waals surface area contributed by atoms with Crippen molar-refractivity contribution in [3.63, 3.8) is 0 Å². The summed E-state index contributed by atoms with van der Waals surface area (Å²) in [6.45, 7) is 6.44. The van der Waals surface area contributed by atoms with Crippen LogP contribution in [0.5, 0.6) is 0 Å². The predicted octanol–water partition coefficient (Wildman–Crippen LogP) is 0.821. The maximum Gasteiger partial charge on any atom is 0.226 e. The van der Waals surface area contributed by atoms with Gasteiger partial charge in [0.05, 0.1) is 6.61 Å². The van der Waals surface area contributed by atoms with Crippen LogP contribution in [-0.2, 0) is 4.84 Å². The van der Waals surface area contributed by atoms with Crippen molar-refractivity contribution in [1.29, 1.82) is 0 Å². The lowest BCUT2D eigenvalue weighted by Crippen LogP contribution is -2.53. The lowest BCUT2D eigenvalue weighted by molar-refractivity contribution is -0.157. The predicted molar refractivity (Wildman–Crippen MR) is 67.3 cm³/mol. The van der Waals surface area contributed by atoms with Crippen LogP contribution < -0.4 is 11.5 Å². The summed E-state index contributed by atoms with van der Waals surface area (Å²) in [7, 11) is 0. The van der Waals surface area contributed by atoms with E-state index in [4.69, 9.17) is 16.3 Å². The average Bonchev–Trinajstić information content (AvgIpc) is 2.08. The van der Waals surface area contributed by atoms with Gasteiger partial charge in [0.15, 0.2) is 5.66 Å². The number of nitrogens with two attached hydrogens (primary N) is 2. The zero-order valence-corrected chi connectivity index (χ0v) is 10.8. The summed E-state index contributed by atoms with van der Waals surface area (Å²) in [6.07, 6.45) is 2.04. The van der Waals surface area contributed by atoms with Crippen LogP contribution in [0.15, 0.2) is 9.98 Å². The minimum absolute atomic E-state index is 0. The summed E-state index contributed by atoms with van der Waals surface area (Å²) in [6, 6.07) is 0. The monoisotopic (exact) mass is 249 g/mol. The molecule has 1 rings (SSSR count). The lowest BCUT2D eigenvalue weighted by atomic mass is 10.2. The minimum atomic E-state index is -0.594. The second-order valence-electron chi connectivity index (χ2n) is 3.92. The third kappa shape index (κ3) is 3.53. The lowest BCUT2D eigenvalue weighted by Gasteiger charge is -2.36. The van der Waals surface area contributed by atoms with Gasteiger partial charge in [-0.25, -0.2) is 4.99 Å². The highest BCUT2D eigenvalue weighted by Gasteiger charge is 2.32. The summed E-state index contributed by atoms with van der Waals surface area (Å²) in [5, 5.41) is 1.50. The molecule has 0 aromatic rings. The first-order valence-corrected chi connectivity index (χ1v) is 5.10. The molecule has 0 bridgehead atoms. The number of hydrogen-bond acceptors (Lipinski definition) is 6. The van der Waals surface area contributed by atoms with Crippen molar-refractivity contribution in [3.8, 4) is 0 Å². The van der Waals surface area contributed by atoms with E-state index in [0.717, 1.165) is 12.8 Å². The van der Waals surface area contributed by atoms with Gasteiger partial charge in [-0.3, -0.25) is 4.84 Å². The highest BCUT2D eigenvalue weighted by Crippen LogP contribution is 2.19. The van der Waals surface area contributed by atoms with Crippen molar-refractivity contribution in [2.75, 3.05) is 6.61 Å². The molecule has 0 radical (unpaired) electrons. The van der Waals surface area contributed by atoms with Gasteiger partial charge in [-0.2, -0.15) is 10.1 Å². The van der Waals surface area contributed by atoms with Gasteiger partial charge < -0.3 is 11.5 Å². The van der Waals surface area contributed by atoms with Gasteiger partial charge in [0.1, 0.15) is 0 Å². The van der Waals surface area contributed by atoms with Gasteiger partial charge in [-0.05, 0) is 20.3 Å². The van der Waals surface area contributed by atoms with Crippen LogP contribution in [0.3, 0.4) is 0 Å². The van der Waals surface area contributed by atoms with Crippen molar-refractivity contribution < 1.29 is 4.84 Å². The van der Waals surface area contributed by atoms with E-state index in [-0.39, 0.29) is 24.3 Å². The topological polar surface area (TPSA) is 89.2 Å². The van der Waals surface area contributed by atoms with E-state index in [0.29, 0.717) is 6.61 Å². The van der Waals surface area contributed by atoms with Crippen LogP contribution in [0.4, 0.5) is 0 Å². The Morgan fingerprint density at radius 3 is 2.50 bits per heavy atom. The van der Waals surface area contributed by atoms with E-state index in [1.807, 2.05) is 13.8 Å². The summed E-state index contributed by atoms with van der Waals surface area (Å²) in [4.78, 5) is 13.5. The molecular formula is C9H20ClN5O. The van der Waals surface area contributed by atoms with E-state index in [1.54, 1.807) is 0 Å². The molecule has 0 amide bonds. The maximum absolute atomic E-state index is 5.72. The van der Waals surface area contributed by atoms with Crippen LogP contribution in [0, 0.1) is 0 Å². The average molecular weight is 250 g/mol. The molecule has 0 spiro atoms. The molecule has 0 atom stereocenters. The van der Waals surface area contributed by atoms with Gasteiger partial charge in [-0.15, -0.1) is 12.4 Å². The molecule has 0 unspecified atom stereocenters. The highest BCUT2D eigenvalue weighted by atomic mass is 35.5. The van der Waals surface area contributed by atoms with E-state index in [9.17, 15) is 0 Å². The Hall–Kier alpha value is -1.01. The van der Waals surface area contributed by atoms with Crippen molar-refractivity contribution in [3.05, 3.63) is 0 Å². The molecule has 0 saturated carbocycles. The Kier molecular flexibility index (Phi) is 5.53.